The van der Waals surface area contributed by atoms with Crippen LogP contribution in [0.15, 0.2) is 23.1 Å². The topological polar surface area (TPSA) is 46.2 Å². The molecule has 0 saturated heterocycles. The fourth-order valence-electron chi connectivity index (χ4n) is 2.66. The van der Waals surface area contributed by atoms with E-state index in [1.807, 2.05) is 0 Å². The summed E-state index contributed by atoms with van der Waals surface area (Å²) in [4.78, 5) is 0.147. The van der Waals surface area contributed by atoms with E-state index in [1.165, 1.54) is 12.1 Å². The predicted octanol–water partition coefficient (Wildman–Crippen LogP) is 3.30. The van der Waals surface area contributed by atoms with Crippen LogP contribution in [-0.4, -0.2) is 26.8 Å². The first-order chi connectivity index (χ1) is 8.96. The molecular formula is C13H17Cl2NO2S. The Morgan fingerprint density at radius 2 is 1.89 bits per heavy atom. The molecule has 19 heavy (non-hydrogen) atoms. The summed E-state index contributed by atoms with van der Waals surface area (Å²) in [5, 5.41) is 3.31. The Kier molecular flexibility index (Phi) is 4.77. The van der Waals surface area contributed by atoms with Crippen LogP contribution in [0.1, 0.15) is 25.7 Å². The smallest absolute Gasteiger partial charge is 0.184 e. The minimum absolute atomic E-state index is 0.0196. The quantitative estimate of drug-likeness (QED) is 0.929. The van der Waals surface area contributed by atoms with Gasteiger partial charge in [-0.3, -0.25) is 0 Å². The molecule has 1 aromatic rings. The Bertz CT molecular complexity index is 560. The van der Waals surface area contributed by atoms with Crippen LogP contribution in [0.5, 0.6) is 0 Å². The van der Waals surface area contributed by atoms with E-state index in [0.29, 0.717) is 11.4 Å². The van der Waals surface area contributed by atoms with Crippen molar-refractivity contribution in [3.8, 4) is 0 Å². The summed E-state index contributed by atoms with van der Waals surface area (Å²) in [6.07, 6.45) is 3.52. The fraction of sp³-hybridized carbons (Fsp3) is 0.538. The lowest BCUT2D eigenvalue weighted by Crippen LogP contribution is -2.44. The lowest BCUT2D eigenvalue weighted by atomic mass is 9.95. The standard InChI is InChI=1S/C13H17Cl2NO2S/c1-16-11-4-2-3-5-12(11)19(17,18)13-8-9(14)6-7-10(13)15/h6-8,11-12,16H,2-5H2,1H3. The molecule has 6 heteroatoms. The first-order valence-electron chi connectivity index (χ1n) is 6.33. The van der Waals surface area contributed by atoms with Gasteiger partial charge in [-0.1, -0.05) is 36.0 Å². The number of hydrogen-bond donors (Lipinski definition) is 1. The monoisotopic (exact) mass is 321 g/mol. The number of benzene rings is 1. The van der Waals surface area contributed by atoms with E-state index in [1.54, 1.807) is 13.1 Å². The van der Waals surface area contributed by atoms with Gasteiger partial charge in [-0.05, 0) is 38.1 Å². The van der Waals surface area contributed by atoms with Gasteiger partial charge in [-0.2, -0.15) is 0 Å². The summed E-state index contributed by atoms with van der Waals surface area (Å²) in [5.74, 6) is 0. The molecular weight excluding hydrogens is 305 g/mol. The zero-order valence-corrected chi connectivity index (χ0v) is 13.0. The molecule has 0 amide bonds. The molecule has 1 fully saturated rings. The van der Waals surface area contributed by atoms with Crippen molar-refractivity contribution < 1.29 is 8.42 Å². The lowest BCUT2D eigenvalue weighted by molar-refractivity contribution is 0.390. The van der Waals surface area contributed by atoms with Crippen LogP contribution in [0.2, 0.25) is 10.0 Å². The van der Waals surface area contributed by atoms with Crippen molar-refractivity contribution in [1.29, 1.82) is 0 Å². The molecule has 1 aliphatic carbocycles. The van der Waals surface area contributed by atoms with Gasteiger partial charge in [-0.15, -0.1) is 0 Å². The molecule has 0 aromatic heterocycles. The van der Waals surface area contributed by atoms with Crippen LogP contribution >= 0.6 is 23.2 Å². The first kappa shape index (κ1) is 15.1. The minimum atomic E-state index is -3.46. The average Bonchev–Trinajstić information content (AvgIpc) is 2.41. The number of sulfone groups is 1. The lowest BCUT2D eigenvalue weighted by Gasteiger charge is -2.31. The Morgan fingerprint density at radius 3 is 2.58 bits per heavy atom. The Morgan fingerprint density at radius 1 is 1.21 bits per heavy atom. The van der Waals surface area contributed by atoms with E-state index in [9.17, 15) is 8.42 Å². The zero-order chi connectivity index (χ0) is 14.0. The Hall–Kier alpha value is -0.290. The maximum absolute atomic E-state index is 12.7. The minimum Gasteiger partial charge on any atom is -0.316 e. The largest absolute Gasteiger partial charge is 0.316 e. The molecule has 0 spiro atoms. The van der Waals surface area contributed by atoms with E-state index in [0.717, 1.165) is 19.3 Å². The van der Waals surface area contributed by atoms with Gasteiger partial charge in [0.1, 0.15) is 0 Å². The summed E-state index contributed by atoms with van der Waals surface area (Å²) in [7, 11) is -1.65. The van der Waals surface area contributed by atoms with Gasteiger partial charge in [0.25, 0.3) is 0 Å². The molecule has 1 aliphatic rings. The number of halogens is 2. The van der Waals surface area contributed by atoms with Gasteiger partial charge in [0.2, 0.25) is 0 Å². The second kappa shape index (κ2) is 6.00. The zero-order valence-electron chi connectivity index (χ0n) is 10.7. The summed E-state index contributed by atoms with van der Waals surface area (Å²) in [6, 6.07) is 4.56. The van der Waals surface area contributed by atoms with Crippen LogP contribution < -0.4 is 5.32 Å². The second-order valence-corrected chi connectivity index (χ2v) is 7.82. The Labute approximate surface area is 124 Å². The van der Waals surface area contributed by atoms with Crippen molar-refractivity contribution in [3.05, 3.63) is 28.2 Å². The number of rotatable bonds is 3. The van der Waals surface area contributed by atoms with Gasteiger partial charge in [-0.25, -0.2) is 8.42 Å². The molecule has 3 nitrogen and oxygen atoms in total. The summed E-state index contributed by atoms with van der Waals surface area (Å²) in [5.41, 5.74) is 0. The van der Waals surface area contributed by atoms with Crippen LogP contribution in [0.4, 0.5) is 0 Å². The van der Waals surface area contributed by atoms with Crippen LogP contribution in [0.3, 0.4) is 0 Å². The third-order valence-electron chi connectivity index (χ3n) is 3.67. The highest BCUT2D eigenvalue weighted by Crippen LogP contribution is 2.33. The summed E-state index contributed by atoms with van der Waals surface area (Å²) < 4.78 is 25.5. The van der Waals surface area contributed by atoms with E-state index < -0.39 is 15.1 Å². The molecule has 0 heterocycles. The van der Waals surface area contributed by atoms with Crippen molar-refractivity contribution in [2.75, 3.05) is 7.05 Å². The predicted molar refractivity (Wildman–Crippen MR) is 78.8 cm³/mol. The van der Waals surface area contributed by atoms with Gasteiger partial charge < -0.3 is 5.32 Å². The fourth-order valence-corrected chi connectivity index (χ4v) is 5.47. The molecule has 106 valence electrons. The molecule has 0 bridgehead atoms. The SMILES string of the molecule is CNC1CCCCC1S(=O)(=O)c1cc(Cl)ccc1Cl. The highest BCUT2D eigenvalue weighted by molar-refractivity contribution is 7.92. The third kappa shape index (κ3) is 3.07. The molecule has 2 unspecified atom stereocenters. The second-order valence-electron chi connectivity index (χ2n) is 4.84. The maximum atomic E-state index is 12.7. The molecule has 2 atom stereocenters. The van der Waals surface area contributed by atoms with Crippen molar-refractivity contribution in [1.82, 2.24) is 5.32 Å². The highest BCUT2D eigenvalue weighted by Gasteiger charge is 2.36. The molecule has 2 rings (SSSR count). The number of hydrogen-bond acceptors (Lipinski definition) is 3. The summed E-state index contributed by atoms with van der Waals surface area (Å²) >= 11 is 11.9. The molecule has 1 N–H and O–H groups in total. The van der Waals surface area contributed by atoms with Crippen molar-refractivity contribution in [3.63, 3.8) is 0 Å². The third-order valence-corrected chi connectivity index (χ3v) is 6.66. The molecule has 1 aromatic carbocycles. The van der Waals surface area contributed by atoms with E-state index >= 15 is 0 Å². The van der Waals surface area contributed by atoms with Crippen molar-refractivity contribution >= 4 is 33.0 Å². The van der Waals surface area contributed by atoms with E-state index in [4.69, 9.17) is 23.2 Å². The van der Waals surface area contributed by atoms with Crippen molar-refractivity contribution in [2.45, 2.75) is 41.9 Å². The van der Waals surface area contributed by atoms with Gasteiger partial charge in [0, 0.05) is 11.1 Å². The van der Waals surface area contributed by atoms with Crippen molar-refractivity contribution in [2.24, 2.45) is 0 Å². The van der Waals surface area contributed by atoms with E-state index in [2.05, 4.69) is 5.32 Å². The normalized spacial score (nSPS) is 24.4. The van der Waals surface area contributed by atoms with Crippen LogP contribution in [-0.2, 0) is 9.84 Å². The molecule has 0 radical (unpaired) electrons. The summed E-state index contributed by atoms with van der Waals surface area (Å²) in [6.45, 7) is 0. The number of nitrogens with one attached hydrogen (secondary N) is 1. The van der Waals surface area contributed by atoms with Gasteiger partial charge in [0.05, 0.1) is 15.2 Å². The van der Waals surface area contributed by atoms with Crippen LogP contribution in [0.25, 0.3) is 0 Å². The highest BCUT2D eigenvalue weighted by atomic mass is 35.5. The average molecular weight is 322 g/mol. The first-order valence-corrected chi connectivity index (χ1v) is 8.63. The van der Waals surface area contributed by atoms with Gasteiger partial charge in [0.15, 0.2) is 9.84 Å². The van der Waals surface area contributed by atoms with Crippen LogP contribution in [0, 0.1) is 0 Å². The van der Waals surface area contributed by atoms with Gasteiger partial charge >= 0.3 is 0 Å². The maximum Gasteiger partial charge on any atom is 0.184 e. The molecule has 0 aliphatic heterocycles. The Balaban J connectivity index is 2.43. The van der Waals surface area contributed by atoms with E-state index in [-0.39, 0.29) is 16.0 Å². The molecule has 1 saturated carbocycles.